The molecule has 0 spiro atoms. The van der Waals surface area contributed by atoms with E-state index in [-0.39, 0.29) is 24.3 Å². The molecule has 0 heterocycles. The molecule has 0 radical (unpaired) electrons. The molecule has 0 aliphatic carbocycles. The van der Waals surface area contributed by atoms with E-state index in [1.165, 1.54) is 12.1 Å². The second kappa shape index (κ2) is 9.49. The molecule has 3 nitrogen and oxygen atoms in total. The largest absolute Gasteiger partial charge is 0.351 e. The third-order valence-electron chi connectivity index (χ3n) is 4.54. The Morgan fingerprint density at radius 2 is 1.57 bits per heavy atom. The molecule has 1 amide bonds. The van der Waals surface area contributed by atoms with Crippen molar-refractivity contribution in [2.24, 2.45) is 0 Å². The highest BCUT2D eigenvalue weighted by Gasteiger charge is 2.21. The number of nitrogens with one attached hydrogen (secondary N) is 1. The number of amides is 1. The predicted molar refractivity (Wildman–Crippen MR) is 111 cm³/mol. The predicted octanol–water partition coefficient (Wildman–Crippen LogP) is 4.82. The van der Waals surface area contributed by atoms with Crippen molar-refractivity contribution in [1.29, 1.82) is 0 Å². The summed E-state index contributed by atoms with van der Waals surface area (Å²) in [6.07, 6.45) is 0. The first-order chi connectivity index (χ1) is 13.5. The smallest absolute Gasteiger partial charge is 0.234 e. The summed E-state index contributed by atoms with van der Waals surface area (Å²) < 4.78 is 13.4. The highest BCUT2D eigenvalue weighted by atomic mass is 35.5. The van der Waals surface area contributed by atoms with E-state index in [2.05, 4.69) is 5.32 Å². The van der Waals surface area contributed by atoms with Gasteiger partial charge in [0.2, 0.25) is 5.91 Å². The lowest BCUT2D eigenvalue weighted by molar-refractivity contribution is -0.122. The summed E-state index contributed by atoms with van der Waals surface area (Å²) >= 11 is 5.89. The van der Waals surface area contributed by atoms with Crippen LogP contribution in [-0.4, -0.2) is 24.4 Å². The van der Waals surface area contributed by atoms with E-state index < -0.39 is 0 Å². The van der Waals surface area contributed by atoms with Crippen molar-refractivity contribution in [3.05, 3.63) is 106 Å². The molecule has 0 bridgehead atoms. The van der Waals surface area contributed by atoms with Crippen molar-refractivity contribution < 1.29 is 9.18 Å². The Kier molecular flexibility index (Phi) is 6.80. The van der Waals surface area contributed by atoms with Gasteiger partial charge in [0.05, 0.1) is 12.6 Å². The molecule has 0 aliphatic rings. The van der Waals surface area contributed by atoms with Crippen LogP contribution in [0.15, 0.2) is 78.9 Å². The van der Waals surface area contributed by atoms with Crippen molar-refractivity contribution in [2.45, 2.75) is 12.6 Å². The summed E-state index contributed by atoms with van der Waals surface area (Å²) in [6, 6.07) is 23.5. The van der Waals surface area contributed by atoms with E-state index in [0.717, 1.165) is 16.7 Å². The Morgan fingerprint density at radius 1 is 0.964 bits per heavy atom. The molecule has 3 rings (SSSR count). The van der Waals surface area contributed by atoms with E-state index >= 15 is 0 Å². The molecule has 0 aliphatic heterocycles. The van der Waals surface area contributed by atoms with Crippen LogP contribution >= 0.6 is 11.6 Å². The van der Waals surface area contributed by atoms with Crippen LogP contribution in [0.1, 0.15) is 22.7 Å². The fourth-order valence-electron chi connectivity index (χ4n) is 3.16. The number of benzene rings is 3. The van der Waals surface area contributed by atoms with E-state index in [4.69, 9.17) is 11.6 Å². The summed E-state index contributed by atoms with van der Waals surface area (Å²) in [5.74, 6) is -0.362. The number of nitrogens with zero attached hydrogens (tertiary/aromatic N) is 1. The standard InChI is InChI=1S/C23H22ClFN2O/c1-27(16-22(28)26-15-17-7-11-20(24)12-8-17)23(18-5-3-2-4-6-18)19-9-13-21(25)14-10-19/h2-14,23H,15-16H2,1H3,(H,26,28). The second-order valence-electron chi connectivity index (χ2n) is 6.68. The molecule has 0 fully saturated rings. The summed E-state index contributed by atoms with van der Waals surface area (Å²) in [5, 5.41) is 3.60. The number of carbonyl (C=O) groups is 1. The van der Waals surface area contributed by atoms with E-state index in [1.807, 2.05) is 54.4 Å². The van der Waals surface area contributed by atoms with Gasteiger partial charge < -0.3 is 5.32 Å². The minimum absolute atomic E-state index is 0.0829. The van der Waals surface area contributed by atoms with Gasteiger partial charge in [0, 0.05) is 11.6 Å². The van der Waals surface area contributed by atoms with Crippen molar-refractivity contribution >= 4 is 17.5 Å². The number of hydrogen-bond acceptors (Lipinski definition) is 2. The molecule has 1 N–H and O–H groups in total. The van der Waals surface area contributed by atoms with Gasteiger partial charge in [0.15, 0.2) is 0 Å². The average molecular weight is 397 g/mol. The maximum absolute atomic E-state index is 13.4. The molecular formula is C23H22ClFN2O. The Hall–Kier alpha value is -2.69. The number of likely N-dealkylation sites (N-methyl/N-ethyl adjacent to an activating group) is 1. The first kappa shape index (κ1) is 20.1. The summed E-state index contributed by atoms with van der Waals surface area (Å²) in [5.41, 5.74) is 2.96. The quantitative estimate of drug-likeness (QED) is 0.621. The SMILES string of the molecule is CN(CC(=O)NCc1ccc(Cl)cc1)C(c1ccccc1)c1ccc(F)cc1. The van der Waals surface area contributed by atoms with Crippen molar-refractivity contribution in [3.8, 4) is 0 Å². The van der Waals surface area contributed by atoms with Crippen LogP contribution in [0.3, 0.4) is 0 Å². The Labute approximate surface area is 169 Å². The van der Waals surface area contributed by atoms with Gasteiger partial charge in [-0.25, -0.2) is 4.39 Å². The van der Waals surface area contributed by atoms with Gasteiger partial charge in [-0.1, -0.05) is 66.2 Å². The number of hydrogen-bond donors (Lipinski definition) is 1. The molecule has 3 aromatic carbocycles. The normalized spacial score (nSPS) is 12.0. The second-order valence-corrected chi connectivity index (χ2v) is 7.12. The molecule has 28 heavy (non-hydrogen) atoms. The average Bonchev–Trinajstić information content (AvgIpc) is 2.70. The topological polar surface area (TPSA) is 32.3 Å². The van der Waals surface area contributed by atoms with Crippen LogP contribution < -0.4 is 5.32 Å². The third-order valence-corrected chi connectivity index (χ3v) is 4.79. The molecule has 1 unspecified atom stereocenters. The minimum atomic E-state index is -0.279. The summed E-state index contributed by atoms with van der Waals surface area (Å²) in [7, 11) is 1.89. The maximum atomic E-state index is 13.4. The molecule has 144 valence electrons. The van der Waals surface area contributed by atoms with Crippen LogP contribution in [0.4, 0.5) is 4.39 Å². The van der Waals surface area contributed by atoms with Crippen molar-refractivity contribution in [2.75, 3.05) is 13.6 Å². The van der Waals surface area contributed by atoms with E-state index in [0.29, 0.717) is 11.6 Å². The van der Waals surface area contributed by atoms with Gasteiger partial charge in [0.1, 0.15) is 5.82 Å². The lowest BCUT2D eigenvalue weighted by atomic mass is 9.97. The van der Waals surface area contributed by atoms with Crippen LogP contribution in [-0.2, 0) is 11.3 Å². The molecule has 1 atom stereocenters. The molecule has 0 aromatic heterocycles. The van der Waals surface area contributed by atoms with Gasteiger partial charge >= 0.3 is 0 Å². The van der Waals surface area contributed by atoms with Gasteiger partial charge in [-0.3, -0.25) is 9.69 Å². The van der Waals surface area contributed by atoms with E-state index in [9.17, 15) is 9.18 Å². The van der Waals surface area contributed by atoms with Gasteiger partial charge in [-0.05, 0) is 48.0 Å². The Balaban J connectivity index is 1.70. The molecule has 5 heteroatoms. The van der Waals surface area contributed by atoms with Crippen LogP contribution in [0, 0.1) is 5.82 Å². The Bertz CT molecular complexity index is 898. The van der Waals surface area contributed by atoms with E-state index in [1.54, 1.807) is 24.3 Å². The summed E-state index contributed by atoms with van der Waals surface area (Å²) in [6.45, 7) is 0.654. The lowest BCUT2D eigenvalue weighted by Crippen LogP contribution is -2.37. The van der Waals surface area contributed by atoms with Gasteiger partial charge in [-0.2, -0.15) is 0 Å². The first-order valence-electron chi connectivity index (χ1n) is 9.05. The van der Waals surface area contributed by atoms with Crippen LogP contribution in [0.25, 0.3) is 0 Å². The van der Waals surface area contributed by atoms with Gasteiger partial charge in [-0.15, -0.1) is 0 Å². The highest BCUT2D eigenvalue weighted by molar-refractivity contribution is 6.30. The van der Waals surface area contributed by atoms with Crippen LogP contribution in [0.2, 0.25) is 5.02 Å². The minimum Gasteiger partial charge on any atom is -0.351 e. The fraction of sp³-hybridized carbons (Fsp3) is 0.174. The monoisotopic (exact) mass is 396 g/mol. The van der Waals surface area contributed by atoms with Crippen LogP contribution in [0.5, 0.6) is 0 Å². The molecule has 3 aromatic rings. The maximum Gasteiger partial charge on any atom is 0.234 e. The van der Waals surface area contributed by atoms with Crippen molar-refractivity contribution in [1.82, 2.24) is 10.2 Å². The fourth-order valence-corrected chi connectivity index (χ4v) is 3.28. The summed E-state index contributed by atoms with van der Waals surface area (Å²) in [4.78, 5) is 14.4. The number of halogens is 2. The molecule has 0 saturated heterocycles. The zero-order valence-corrected chi connectivity index (χ0v) is 16.4. The zero-order chi connectivity index (χ0) is 19.9. The molecular weight excluding hydrogens is 375 g/mol. The molecule has 0 saturated carbocycles. The van der Waals surface area contributed by atoms with Gasteiger partial charge in [0.25, 0.3) is 0 Å². The Morgan fingerprint density at radius 3 is 2.21 bits per heavy atom. The number of carbonyl (C=O) groups excluding carboxylic acids is 1. The van der Waals surface area contributed by atoms with Crippen molar-refractivity contribution in [3.63, 3.8) is 0 Å². The zero-order valence-electron chi connectivity index (χ0n) is 15.6. The third kappa shape index (κ3) is 5.41. The lowest BCUT2D eigenvalue weighted by Gasteiger charge is -2.28. The highest BCUT2D eigenvalue weighted by Crippen LogP contribution is 2.27. The number of rotatable bonds is 7. The first-order valence-corrected chi connectivity index (χ1v) is 9.42.